The smallest absolute Gasteiger partial charge is 0.250 e. The summed E-state index contributed by atoms with van der Waals surface area (Å²) in [5, 5.41) is 18.1. The lowest BCUT2D eigenvalue weighted by Crippen LogP contribution is -2.52. The van der Waals surface area contributed by atoms with Gasteiger partial charge in [-0.25, -0.2) is 0 Å². The van der Waals surface area contributed by atoms with Crippen molar-refractivity contribution in [1.29, 1.82) is 0 Å². The molecule has 2 heterocycles. The van der Waals surface area contributed by atoms with Crippen molar-refractivity contribution in [2.45, 2.75) is 38.3 Å². The number of piperidine rings is 1. The maximum absolute atomic E-state index is 13.2. The predicted octanol–water partition coefficient (Wildman–Crippen LogP) is 1.51. The molecule has 0 spiro atoms. The van der Waals surface area contributed by atoms with Crippen molar-refractivity contribution in [3.05, 3.63) is 54.1 Å². The zero-order valence-electron chi connectivity index (χ0n) is 20.7. The Morgan fingerprint density at radius 1 is 1.08 bits per heavy atom. The Morgan fingerprint density at radius 2 is 1.83 bits per heavy atom. The Hall–Kier alpha value is -4.15. The number of carbonyl (C=O) groups excluding carboxylic acids is 2. The van der Waals surface area contributed by atoms with Crippen LogP contribution in [0.1, 0.15) is 25.3 Å². The fraction of sp³-hybridized carbons (Fsp3) is 0.400. The van der Waals surface area contributed by atoms with E-state index in [2.05, 4.69) is 31.1 Å². The van der Waals surface area contributed by atoms with Crippen molar-refractivity contribution in [3.8, 4) is 17.2 Å². The van der Waals surface area contributed by atoms with E-state index in [4.69, 9.17) is 9.47 Å². The van der Waals surface area contributed by atoms with Gasteiger partial charge in [0.05, 0.1) is 19.9 Å². The lowest BCUT2D eigenvalue weighted by molar-refractivity contribution is -0.128. The van der Waals surface area contributed by atoms with E-state index in [0.717, 1.165) is 24.1 Å². The van der Waals surface area contributed by atoms with E-state index < -0.39 is 6.04 Å². The topological polar surface area (TPSA) is 124 Å². The fourth-order valence-electron chi connectivity index (χ4n) is 4.36. The highest BCUT2D eigenvalue weighted by Gasteiger charge is 2.28. The van der Waals surface area contributed by atoms with Gasteiger partial charge in [-0.3, -0.25) is 9.59 Å². The van der Waals surface area contributed by atoms with Gasteiger partial charge >= 0.3 is 0 Å². The molecule has 2 N–H and O–H groups in total. The largest absolute Gasteiger partial charge is 0.497 e. The fourth-order valence-corrected chi connectivity index (χ4v) is 4.36. The first-order valence-corrected chi connectivity index (χ1v) is 11.9. The zero-order chi connectivity index (χ0) is 25.5. The Balaban J connectivity index is 1.39. The summed E-state index contributed by atoms with van der Waals surface area (Å²) in [5.41, 5.74) is 1.66. The Morgan fingerprint density at radius 3 is 2.50 bits per heavy atom. The van der Waals surface area contributed by atoms with E-state index in [0.29, 0.717) is 30.5 Å². The molecule has 1 aromatic heterocycles. The van der Waals surface area contributed by atoms with Crippen LogP contribution in [0.15, 0.2) is 48.5 Å². The Bertz CT molecular complexity index is 1180. The molecule has 3 aromatic rings. The highest BCUT2D eigenvalue weighted by molar-refractivity contribution is 5.87. The van der Waals surface area contributed by atoms with Crippen LogP contribution in [-0.2, 0) is 16.0 Å². The van der Waals surface area contributed by atoms with Gasteiger partial charge in [-0.1, -0.05) is 23.3 Å². The second kappa shape index (κ2) is 11.5. The van der Waals surface area contributed by atoms with Crippen LogP contribution in [0.4, 0.5) is 5.95 Å². The van der Waals surface area contributed by atoms with E-state index in [9.17, 15) is 9.59 Å². The second-order valence-corrected chi connectivity index (χ2v) is 8.63. The number of hydrogen-bond acceptors (Lipinski definition) is 8. The van der Waals surface area contributed by atoms with Crippen LogP contribution in [0.3, 0.4) is 0 Å². The second-order valence-electron chi connectivity index (χ2n) is 8.63. The summed E-state index contributed by atoms with van der Waals surface area (Å²) in [6, 6.07) is 14.3. The molecule has 190 valence electrons. The third-order valence-electron chi connectivity index (χ3n) is 6.18. The molecular formula is C25H31N7O4. The maximum Gasteiger partial charge on any atom is 0.250 e. The SMILES string of the molecule is COc1ccc(OC)c(C[C@H](NC(C)=O)C(=O)NC2CCN(c3nnnn3-c3ccccc3)CC2)c1. The number of amides is 2. The quantitative estimate of drug-likeness (QED) is 0.460. The number of nitrogens with zero attached hydrogens (tertiary/aromatic N) is 5. The van der Waals surface area contributed by atoms with Crippen LogP contribution < -0.4 is 25.0 Å². The molecule has 0 saturated carbocycles. The van der Waals surface area contributed by atoms with E-state index in [1.165, 1.54) is 6.92 Å². The van der Waals surface area contributed by atoms with Gasteiger partial charge in [0.1, 0.15) is 17.5 Å². The number of rotatable bonds is 9. The molecule has 1 atom stereocenters. The van der Waals surface area contributed by atoms with Gasteiger partial charge in [0.25, 0.3) is 0 Å². The molecule has 1 aliphatic rings. The van der Waals surface area contributed by atoms with Gasteiger partial charge in [-0.05, 0) is 53.6 Å². The van der Waals surface area contributed by atoms with Crippen LogP contribution in [0.25, 0.3) is 5.69 Å². The molecule has 0 unspecified atom stereocenters. The average Bonchev–Trinajstić information content (AvgIpc) is 3.39. The van der Waals surface area contributed by atoms with Gasteiger partial charge in [-0.15, -0.1) is 0 Å². The molecule has 1 saturated heterocycles. The van der Waals surface area contributed by atoms with Crippen LogP contribution >= 0.6 is 0 Å². The number of aromatic nitrogens is 4. The lowest BCUT2D eigenvalue weighted by Gasteiger charge is -2.33. The summed E-state index contributed by atoms with van der Waals surface area (Å²) in [6.45, 7) is 2.78. The minimum Gasteiger partial charge on any atom is -0.497 e. The molecule has 0 bridgehead atoms. The summed E-state index contributed by atoms with van der Waals surface area (Å²) in [5.74, 6) is 1.44. The molecule has 1 fully saturated rings. The van der Waals surface area contributed by atoms with Crippen molar-refractivity contribution < 1.29 is 19.1 Å². The van der Waals surface area contributed by atoms with Crippen molar-refractivity contribution in [1.82, 2.24) is 30.8 Å². The van der Waals surface area contributed by atoms with Crippen LogP contribution in [-0.4, -0.2) is 71.4 Å². The van der Waals surface area contributed by atoms with Gasteiger partial charge in [0.2, 0.25) is 17.8 Å². The molecule has 36 heavy (non-hydrogen) atoms. The molecule has 0 aliphatic carbocycles. The minimum atomic E-state index is -0.744. The van der Waals surface area contributed by atoms with Crippen molar-refractivity contribution in [2.24, 2.45) is 0 Å². The van der Waals surface area contributed by atoms with E-state index >= 15 is 0 Å². The van der Waals surface area contributed by atoms with Gasteiger partial charge < -0.3 is 25.0 Å². The average molecular weight is 494 g/mol. The normalized spacial score (nSPS) is 14.7. The number of tetrazole rings is 1. The van der Waals surface area contributed by atoms with Gasteiger partial charge in [0, 0.05) is 38.0 Å². The third-order valence-corrected chi connectivity index (χ3v) is 6.18. The molecular weight excluding hydrogens is 462 g/mol. The summed E-state index contributed by atoms with van der Waals surface area (Å²) in [6.07, 6.45) is 1.72. The number of anilines is 1. The number of benzene rings is 2. The van der Waals surface area contributed by atoms with Gasteiger partial charge in [-0.2, -0.15) is 4.68 Å². The van der Waals surface area contributed by atoms with E-state index in [1.54, 1.807) is 31.0 Å². The highest BCUT2D eigenvalue weighted by Crippen LogP contribution is 2.25. The minimum absolute atomic E-state index is 0.0294. The van der Waals surface area contributed by atoms with E-state index in [1.807, 2.05) is 36.4 Å². The van der Waals surface area contributed by atoms with Crippen LogP contribution in [0.5, 0.6) is 11.5 Å². The first kappa shape index (κ1) is 25.0. The number of para-hydroxylation sites is 1. The summed E-state index contributed by atoms with van der Waals surface area (Å²) < 4.78 is 12.5. The number of nitrogens with one attached hydrogen (secondary N) is 2. The van der Waals surface area contributed by atoms with Crippen molar-refractivity contribution in [3.63, 3.8) is 0 Å². The van der Waals surface area contributed by atoms with Gasteiger partial charge in [0.15, 0.2) is 0 Å². The third kappa shape index (κ3) is 5.91. The summed E-state index contributed by atoms with van der Waals surface area (Å²) in [4.78, 5) is 27.2. The Labute approximate surface area is 209 Å². The monoisotopic (exact) mass is 493 g/mol. The van der Waals surface area contributed by atoms with Crippen molar-refractivity contribution in [2.75, 3.05) is 32.2 Å². The molecule has 2 aromatic carbocycles. The molecule has 11 nitrogen and oxygen atoms in total. The number of ether oxygens (including phenoxy) is 2. The standard InChI is InChI=1S/C25H31N7O4/c1-17(33)26-22(16-18-15-21(35-2)9-10-23(18)36-3)24(34)27-19-11-13-31(14-12-19)25-28-29-30-32(25)20-7-5-4-6-8-20/h4-10,15,19,22H,11-14,16H2,1-3H3,(H,26,33)(H,27,34)/t22-/m0/s1. The molecule has 2 amide bonds. The van der Waals surface area contributed by atoms with Crippen molar-refractivity contribution >= 4 is 17.8 Å². The first-order chi connectivity index (χ1) is 17.5. The van der Waals surface area contributed by atoms with Crippen LogP contribution in [0, 0.1) is 0 Å². The lowest BCUT2D eigenvalue weighted by atomic mass is 10.0. The number of hydrogen-bond donors (Lipinski definition) is 2. The van der Waals surface area contributed by atoms with E-state index in [-0.39, 0.29) is 24.3 Å². The highest BCUT2D eigenvalue weighted by atomic mass is 16.5. The van der Waals surface area contributed by atoms with Crippen LogP contribution in [0.2, 0.25) is 0 Å². The summed E-state index contributed by atoms with van der Waals surface area (Å²) >= 11 is 0. The molecule has 11 heteroatoms. The predicted molar refractivity (Wildman–Crippen MR) is 133 cm³/mol. The number of carbonyl (C=O) groups is 2. The molecule has 1 aliphatic heterocycles. The maximum atomic E-state index is 13.2. The molecule has 0 radical (unpaired) electrons. The zero-order valence-corrected chi connectivity index (χ0v) is 20.7. The first-order valence-electron chi connectivity index (χ1n) is 11.9. The Kier molecular flexibility index (Phi) is 7.99. The number of methoxy groups -OCH3 is 2. The molecule has 4 rings (SSSR count). The summed E-state index contributed by atoms with van der Waals surface area (Å²) in [7, 11) is 3.15.